The van der Waals surface area contributed by atoms with Gasteiger partial charge in [0.1, 0.15) is 23.1 Å². The number of halogens is 3. The van der Waals surface area contributed by atoms with Crippen LogP contribution in [0.1, 0.15) is 16.1 Å². The van der Waals surface area contributed by atoms with Gasteiger partial charge in [-0.05, 0) is 23.8 Å². The van der Waals surface area contributed by atoms with E-state index in [1.54, 1.807) is 0 Å². The second-order valence-electron chi connectivity index (χ2n) is 4.22. The van der Waals surface area contributed by atoms with Crippen molar-refractivity contribution in [2.75, 3.05) is 7.11 Å². The maximum atomic E-state index is 14.0. The fraction of sp³-hybridized carbons (Fsp3) is 0.143. The summed E-state index contributed by atoms with van der Waals surface area (Å²) in [5.41, 5.74) is -1.41. The summed E-state index contributed by atoms with van der Waals surface area (Å²) in [5, 5.41) is 8.81. The van der Waals surface area contributed by atoms with Crippen LogP contribution in [-0.4, -0.2) is 23.2 Å². The Morgan fingerprint density at radius 3 is 2.33 bits per heavy atom. The quantitative estimate of drug-likeness (QED) is 0.942. The molecule has 0 aliphatic heterocycles. The fourth-order valence-electron chi connectivity index (χ4n) is 1.88. The molecule has 21 heavy (non-hydrogen) atoms. The Labute approximate surface area is 117 Å². The number of carboxylic acids is 1. The molecule has 1 heterocycles. The first-order chi connectivity index (χ1) is 9.93. The number of aromatic carboxylic acids is 1. The minimum atomic E-state index is -1.42. The van der Waals surface area contributed by atoms with E-state index in [0.29, 0.717) is 6.20 Å². The summed E-state index contributed by atoms with van der Waals surface area (Å²) >= 11 is 0. The number of nitrogens with zero attached hydrogens (tertiary/aromatic N) is 1. The van der Waals surface area contributed by atoms with Crippen LogP contribution in [-0.2, 0) is 11.3 Å². The van der Waals surface area contributed by atoms with Gasteiger partial charge in [0.05, 0.1) is 18.4 Å². The lowest BCUT2D eigenvalue weighted by Crippen LogP contribution is -2.03. The summed E-state index contributed by atoms with van der Waals surface area (Å²) < 4.78 is 46.5. The van der Waals surface area contributed by atoms with Crippen molar-refractivity contribution < 1.29 is 27.8 Å². The summed E-state index contributed by atoms with van der Waals surface area (Å²) in [6, 6.07) is 2.79. The molecule has 2 aromatic rings. The molecule has 7 heteroatoms. The van der Waals surface area contributed by atoms with Crippen molar-refractivity contribution in [3.05, 3.63) is 53.1 Å². The molecule has 1 aromatic heterocycles. The van der Waals surface area contributed by atoms with Gasteiger partial charge in [-0.2, -0.15) is 0 Å². The maximum absolute atomic E-state index is 14.0. The molecule has 1 aromatic carbocycles. The first kappa shape index (κ1) is 15.0. The van der Waals surface area contributed by atoms with E-state index < -0.39 is 40.2 Å². The van der Waals surface area contributed by atoms with Crippen LogP contribution in [0.15, 0.2) is 24.4 Å². The molecule has 0 amide bonds. The molecule has 0 unspecified atom stereocenters. The zero-order chi connectivity index (χ0) is 15.6. The Bertz CT molecular complexity index is 681. The Morgan fingerprint density at radius 2 is 1.81 bits per heavy atom. The van der Waals surface area contributed by atoms with E-state index in [-0.39, 0.29) is 12.2 Å². The highest BCUT2D eigenvalue weighted by Gasteiger charge is 2.19. The number of methoxy groups -OCH3 is 1. The molecule has 0 atom stereocenters. The molecule has 1 N–H and O–H groups in total. The molecular weight excluding hydrogens is 287 g/mol. The van der Waals surface area contributed by atoms with E-state index >= 15 is 0 Å². The predicted octanol–water partition coefficient (Wildman–Crippen LogP) is 3.01. The van der Waals surface area contributed by atoms with E-state index in [2.05, 4.69) is 4.98 Å². The van der Waals surface area contributed by atoms with E-state index in [1.165, 1.54) is 7.11 Å². The van der Waals surface area contributed by atoms with Gasteiger partial charge in [-0.25, -0.2) is 22.9 Å². The Hall–Kier alpha value is -2.41. The topological polar surface area (TPSA) is 59.4 Å². The first-order valence-electron chi connectivity index (χ1n) is 5.80. The van der Waals surface area contributed by atoms with Gasteiger partial charge in [0.15, 0.2) is 0 Å². The van der Waals surface area contributed by atoms with Gasteiger partial charge >= 0.3 is 5.97 Å². The highest BCUT2D eigenvalue weighted by atomic mass is 19.1. The number of ether oxygens (including phenoxy) is 1. The number of hydrogen-bond donors (Lipinski definition) is 1. The van der Waals surface area contributed by atoms with Crippen LogP contribution in [0.2, 0.25) is 0 Å². The number of pyridine rings is 1. The summed E-state index contributed by atoms with van der Waals surface area (Å²) in [6.07, 6.45) is 0.612. The average molecular weight is 297 g/mol. The monoisotopic (exact) mass is 297 g/mol. The molecule has 0 saturated heterocycles. The van der Waals surface area contributed by atoms with Crippen LogP contribution in [0.25, 0.3) is 11.1 Å². The van der Waals surface area contributed by atoms with Gasteiger partial charge in [0, 0.05) is 12.7 Å². The molecule has 4 nitrogen and oxygen atoms in total. The second-order valence-corrected chi connectivity index (χ2v) is 4.22. The lowest BCUT2D eigenvalue weighted by molar-refractivity contribution is 0.0690. The number of carbonyl (C=O) groups is 1. The van der Waals surface area contributed by atoms with Crippen LogP contribution >= 0.6 is 0 Å². The number of benzene rings is 1. The van der Waals surface area contributed by atoms with Crippen molar-refractivity contribution in [2.45, 2.75) is 6.61 Å². The molecule has 0 fully saturated rings. The lowest BCUT2D eigenvalue weighted by atomic mass is 10.0. The van der Waals surface area contributed by atoms with Crippen LogP contribution < -0.4 is 0 Å². The molecular formula is C14H10F3NO3. The first-order valence-corrected chi connectivity index (χ1v) is 5.80. The predicted molar refractivity (Wildman–Crippen MR) is 67.2 cm³/mol. The van der Waals surface area contributed by atoms with Crippen molar-refractivity contribution >= 4 is 5.97 Å². The Balaban J connectivity index is 2.61. The van der Waals surface area contributed by atoms with Gasteiger partial charge < -0.3 is 9.84 Å². The van der Waals surface area contributed by atoms with E-state index in [9.17, 15) is 18.0 Å². The normalized spacial score (nSPS) is 10.7. The third kappa shape index (κ3) is 3.03. The molecule has 0 bridgehead atoms. The van der Waals surface area contributed by atoms with Crippen molar-refractivity contribution in [3.63, 3.8) is 0 Å². The third-order valence-corrected chi connectivity index (χ3v) is 2.76. The maximum Gasteiger partial charge on any atom is 0.354 e. The standard InChI is InChI=1S/C14H10F3NO3/c1-21-6-7-2-9(15)13(10(16)3-7)8-4-12(14(19)20)18-5-11(8)17/h2-5H,6H2,1H3,(H,19,20). The molecule has 0 aliphatic rings. The minimum Gasteiger partial charge on any atom is -0.477 e. The third-order valence-electron chi connectivity index (χ3n) is 2.76. The van der Waals surface area contributed by atoms with E-state index in [0.717, 1.165) is 18.2 Å². The summed E-state index contributed by atoms with van der Waals surface area (Å²) in [5.74, 6) is -4.46. The zero-order valence-corrected chi connectivity index (χ0v) is 10.9. The van der Waals surface area contributed by atoms with Crippen molar-refractivity contribution in [1.82, 2.24) is 4.98 Å². The van der Waals surface area contributed by atoms with Gasteiger partial charge in [-0.3, -0.25) is 0 Å². The SMILES string of the molecule is COCc1cc(F)c(-c2cc(C(=O)O)ncc2F)c(F)c1. The Kier molecular flexibility index (Phi) is 4.23. The van der Waals surface area contributed by atoms with Crippen molar-refractivity contribution in [1.29, 1.82) is 0 Å². The highest BCUT2D eigenvalue weighted by molar-refractivity contribution is 5.87. The highest BCUT2D eigenvalue weighted by Crippen LogP contribution is 2.29. The molecule has 0 aliphatic carbocycles. The van der Waals surface area contributed by atoms with Crippen molar-refractivity contribution in [3.8, 4) is 11.1 Å². The van der Waals surface area contributed by atoms with E-state index in [1.807, 2.05) is 0 Å². The second kappa shape index (κ2) is 5.92. The van der Waals surface area contributed by atoms with Crippen molar-refractivity contribution in [2.24, 2.45) is 0 Å². The number of rotatable bonds is 4. The molecule has 2 rings (SSSR count). The fourth-order valence-corrected chi connectivity index (χ4v) is 1.88. The number of carboxylic acid groups (broad SMARTS) is 1. The van der Waals surface area contributed by atoms with Gasteiger partial charge in [-0.15, -0.1) is 0 Å². The number of hydrogen-bond acceptors (Lipinski definition) is 3. The number of aromatic nitrogens is 1. The summed E-state index contributed by atoms with van der Waals surface area (Å²) in [7, 11) is 1.37. The van der Waals surface area contributed by atoms with Crippen LogP contribution in [0, 0.1) is 17.5 Å². The molecule has 110 valence electrons. The van der Waals surface area contributed by atoms with Gasteiger partial charge in [-0.1, -0.05) is 0 Å². The largest absolute Gasteiger partial charge is 0.477 e. The van der Waals surface area contributed by atoms with Gasteiger partial charge in [0.25, 0.3) is 0 Å². The van der Waals surface area contributed by atoms with E-state index in [4.69, 9.17) is 9.84 Å². The Morgan fingerprint density at radius 1 is 1.19 bits per heavy atom. The molecule has 0 saturated carbocycles. The van der Waals surface area contributed by atoms with Crippen LogP contribution in [0.3, 0.4) is 0 Å². The molecule has 0 radical (unpaired) electrons. The zero-order valence-electron chi connectivity index (χ0n) is 10.9. The van der Waals surface area contributed by atoms with Crippen LogP contribution in [0.5, 0.6) is 0 Å². The van der Waals surface area contributed by atoms with Crippen LogP contribution in [0.4, 0.5) is 13.2 Å². The molecule has 0 spiro atoms. The summed E-state index contributed by atoms with van der Waals surface area (Å²) in [4.78, 5) is 14.1. The van der Waals surface area contributed by atoms with Gasteiger partial charge in [0.2, 0.25) is 0 Å². The smallest absolute Gasteiger partial charge is 0.354 e. The summed E-state index contributed by atoms with van der Waals surface area (Å²) in [6.45, 7) is -0.00662. The minimum absolute atomic E-state index is 0.00662. The average Bonchev–Trinajstić information content (AvgIpc) is 2.40. The lowest BCUT2D eigenvalue weighted by Gasteiger charge is -2.09.